The van der Waals surface area contributed by atoms with Crippen molar-refractivity contribution in [2.75, 3.05) is 23.1 Å². The van der Waals surface area contributed by atoms with Crippen LogP contribution >= 0.6 is 0 Å². The monoisotopic (exact) mass is 364 g/mol. The molecule has 0 aliphatic carbocycles. The summed E-state index contributed by atoms with van der Waals surface area (Å²) in [6, 6.07) is 15.0. The van der Waals surface area contributed by atoms with Gasteiger partial charge >= 0.3 is 0 Å². The van der Waals surface area contributed by atoms with Gasteiger partial charge in [0.2, 0.25) is 11.9 Å². The molecule has 0 spiro atoms. The summed E-state index contributed by atoms with van der Waals surface area (Å²) in [5.74, 6) is 1.65. The van der Waals surface area contributed by atoms with E-state index in [1.165, 1.54) is 13.1 Å². The first-order valence-electron chi connectivity index (χ1n) is 8.34. The summed E-state index contributed by atoms with van der Waals surface area (Å²) >= 11 is 0. The summed E-state index contributed by atoms with van der Waals surface area (Å²) in [4.78, 5) is 15.5. The minimum absolute atomic E-state index is 0.110. The number of benzene rings is 2. The Bertz CT molecular complexity index is 914. The van der Waals surface area contributed by atoms with E-state index < -0.39 is 0 Å². The predicted octanol–water partition coefficient (Wildman–Crippen LogP) is 3.19. The van der Waals surface area contributed by atoms with Gasteiger partial charge in [-0.25, -0.2) is 0 Å². The number of rotatable bonds is 7. The topological polar surface area (TPSA) is 101 Å². The number of carbonyl (C=O) groups excluding carboxylic acids is 1. The number of ether oxygens (including phenoxy) is 1. The third-order valence-electron chi connectivity index (χ3n) is 3.67. The van der Waals surface area contributed by atoms with Crippen LogP contribution in [0.25, 0.3) is 0 Å². The molecule has 3 N–H and O–H groups in total. The smallest absolute Gasteiger partial charge is 0.244 e. The Kier molecular flexibility index (Phi) is 5.78. The van der Waals surface area contributed by atoms with Crippen LogP contribution in [0.3, 0.4) is 0 Å². The first kappa shape index (κ1) is 18.1. The van der Waals surface area contributed by atoms with Crippen LogP contribution in [0.1, 0.15) is 12.5 Å². The van der Waals surface area contributed by atoms with Crippen molar-refractivity contribution in [1.29, 1.82) is 0 Å². The number of nitrogens with one attached hydrogen (secondary N) is 3. The number of nitrogens with zero attached hydrogens (tertiary/aromatic N) is 3. The SMILES string of the molecule is COc1ccccc1CNc1nncc(Nc2ccc(NC(C)=O)cc2)n1. The maximum Gasteiger partial charge on any atom is 0.244 e. The van der Waals surface area contributed by atoms with Crippen molar-refractivity contribution in [3.05, 3.63) is 60.3 Å². The van der Waals surface area contributed by atoms with E-state index in [1.54, 1.807) is 19.2 Å². The van der Waals surface area contributed by atoms with Crippen LogP contribution in [-0.2, 0) is 11.3 Å². The number of aromatic nitrogens is 3. The molecule has 2 aromatic carbocycles. The highest BCUT2D eigenvalue weighted by Gasteiger charge is 2.05. The van der Waals surface area contributed by atoms with Crippen molar-refractivity contribution in [3.63, 3.8) is 0 Å². The predicted molar refractivity (Wildman–Crippen MR) is 104 cm³/mol. The highest BCUT2D eigenvalue weighted by molar-refractivity contribution is 5.88. The molecule has 0 bridgehead atoms. The summed E-state index contributed by atoms with van der Waals surface area (Å²) in [6.07, 6.45) is 1.54. The van der Waals surface area contributed by atoms with Gasteiger partial charge < -0.3 is 20.7 Å². The second-order valence-electron chi connectivity index (χ2n) is 5.71. The van der Waals surface area contributed by atoms with Crippen molar-refractivity contribution in [2.45, 2.75) is 13.5 Å². The molecule has 0 saturated heterocycles. The first-order chi connectivity index (χ1) is 13.1. The summed E-state index contributed by atoms with van der Waals surface area (Å²) in [7, 11) is 1.64. The lowest BCUT2D eigenvalue weighted by Crippen LogP contribution is -2.07. The second-order valence-corrected chi connectivity index (χ2v) is 5.71. The Balaban J connectivity index is 1.64. The Morgan fingerprint density at radius 1 is 1.07 bits per heavy atom. The zero-order valence-electron chi connectivity index (χ0n) is 15.1. The number of hydrogen-bond donors (Lipinski definition) is 3. The van der Waals surface area contributed by atoms with Gasteiger partial charge in [0, 0.05) is 30.4 Å². The molecule has 8 nitrogen and oxygen atoms in total. The first-order valence-corrected chi connectivity index (χ1v) is 8.34. The van der Waals surface area contributed by atoms with Crippen LogP contribution in [0.4, 0.5) is 23.1 Å². The van der Waals surface area contributed by atoms with E-state index in [0.29, 0.717) is 18.3 Å². The molecule has 0 fully saturated rings. The van der Waals surface area contributed by atoms with Gasteiger partial charge in [-0.2, -0.15) is 10.1 Å². The zero-order chi connectivity index (χ0) is 19.1. The van der Waals surface area contributed by atoms with Crippen LogP contribution in [0.15, 0.2) is 54.7 Å². The quantitative estimate of drug-likeness (QED) is 0.592. The van der Waals surface area contributed by atoms with Gasteiger partial charge in [0.1, 0.15) is 5.75 Å². The number of amides is 1. The Morgan fingerprint density at radius 3 is 2.56 bits per heavy atom. The molecule has 0 aliphatic heterocycles. The molecular formula is C19H20N6O2. The van der Waals surface area contributed by atoms with Crippen molar-refractivity contribution >= 4 is 29.0 Å². The van der Waals surface area contributed by atoms with Crippen LogP contribution in [0.5, 0.6) is 5.75 Å². The molecule has 1 amide bonds. The highest BCUT2D eigenvalue weighted by Crippen LogP contribution is 2.19. The molecule has 138 valence electrons. The van der Waals surface area contributed by atoms with Crippen LogP contribution in [-0.4, -0.2) is 28.2 Å². The standard InChI is InChI=1S/C19H20N6O2/c1-13(26)22-15-7-9-16(10-8-15)23-18-12-21-25-19(24-18)20-11-14-5-3-4-6-17(14)27-2/h3-10,12H,11H2,1-2H3,(H,22,26)(H2,20,23,24,25). The normalized spacial score (nSPS) is 10.1. The molecule has 3 rings (SSSR count). The maximum atomic E-state index is 11.1. The Hall–Kier alpha value is -3.68. The van der Waals surface area contributed by atoms with Gasteiger partial charge in [-0.3, -0.25) is 4.79 Å². The van der Waals surface area contributed by atoms with Gasteiger partial charge in [0.15, 0.2) is 5.82 Å². The number of methoxy groups -OCH3 is 1. The van der Waals surface area contributed by atoms with Crippen molar-refractivity contribution in [3.8, 4) is 5.75 Å². The summed E-state index contributed by atoms with van der Waals surface area (Å²) < 4.78 is 5.34. The molecule has 27 heavy (non-hydrogen) atoms. The largest absolute Gasteiger partial charge is 0.496 e. The molecule has 3 aromatic rings. The third kappa shape index (κ3) is 5.15. The summed E-state index contributed by atoms with van der Waals surface area (Å²) in [6.45, 7) is 1.98. The number of para-hydroxylation sites is 1. The lowest BCUT2D eigenvalue weighted by molar-refractivity contribution is -0.114. The molecule has 0 aliphatic rings. The molecule has 0 saturated carbocycles. The molecule has 1 aromatic heterocycles. The fraction of sp³-hybridized carbons (Fsp3) is 0.158. The fourth-order valence-corrected chi connectivity index (χ4v) is 2.45. The van der Waals surface area contributed by atoms with Gasteiger partial charge in [0.05, 0.1) is 13.3 Å². The minimum Gasteiger partial charge on any atom is -0.496 e. The van der Waals surface area contributed by atoms with Crippen LogP contribution in [0.2, 0.25) is 0 Å². The van der Waals surface area contributed by atoms with E-state index in [1.807, 2.05) is 36.4 Å². The average molecular weight is 364 g/mol. The van der Waals surface area contributed by atoms with Crippen molar-refractivity contribution in [1.82, 2.24) is 15.2 Å². The average Bonchev–Trinajstić information content (AvgIpc) is 2.68. The van der Waals surface area contributed by atoms with Gasteiger partial charge in [-0.05, 0) is 30.3 Å². The lowest BCUT2D eigenvalue weighted by Gasteiger charge is -2.10. The van der Waals surface area contributed by atoms with Crippen molar-refractivity contribution < 1.29 is 9.53 Å². The number of carbonyl (C=O) groups is 1. The van der Waals surface area contributed by atoms with Gasteiger partial charge in [-0.1, -0.05) is 18.2 Å². The third-order valence-corrected chi connectivity index (χ3v) is 3.67. The molecule has 0 radical (unpaired) electrons. The number of anilines is 4. The minimum atomic E-state index is -0.110. The van der Waals surface area contributed by atoms with Crippen LogP contribution in [0, 0.1) is 0 Å². The van der Waals surface area contributed by atoms with Crippen LogP contribution < -0.4 is 20.7 Å². The molecule has 1 heterocycles. The van der Waals surface area contributed by atoms with Gasteiger partial charge in [-0.15, -0.1) is 5.10 Å². The zero-order valence-corrected chi connectivity index (χ0v) is 15.1. The van der Waals surface area contributed by atoms with E-state index in [-0.39, 0.29) is 5.91 Å². The molecular weight excluding hydrogens is 344 g/mol. The second kappa shape index (κ2) is 8.61. The van der Waals surface area contributed by atoms with E-state index in [9.17, 15) is 4.79 Å². The molecule has 8 heteroatoms. The van der Waals surface area contributed by atoms with Crippen molar-refractivity contribution in [2.24, 2.45) is 0 Å². The lowest BCUT2D eigenvalue weighted by atomic mass is 10.2. The maximum absolute atomic E-state index is 11.1. The summed E-state index contributed by atoms with van der Waals surface area (Å²) in [5.41, 5.74) is 2.55. The molecule has 0 unspecified atom stereocenters. The molecule has 0 atom stereocenters. The highest BCUT2D eigenvalue weighted by atomic mass is 16.5. The van der Waals surface area contributed by atoms with Gasteiger partial charge in [0.25, 0.3) is 0 Å². The van der Waals surface area contributed by atoms with E-state index in [2.05, 4.69) is 31.1 Å². The number of hydrogen-bond acceptors (Lipinski definition) is 7. The van der Waals surface area contributed by atoms with E-state index in [0.717, 1.165) is 22.7 Å². The van der Waals surface area contributed by atoms with E-state index >= 15 is 0 Å². The Labute approximate surface area is 157 Å². The Morgan fingerprint density at radius 2 is 1.81 bits per heavy atom. The summed E-state index contributed by atoms with van der Waals surface area (Å²) in [5, 5.41) is 17.0. The van der Waals surface area contributed by atoms with E-state index in [4.69, 9.17) is 4.74 Å². The fourth-order valence-electron chi connectivity index (χ4n) is 2.45.